The van der Waals surface area contributed by atoms with E-state index in [9.17, 15) is 4.79 Å². The SMILES string of the molecule is COc1cc2c(cc1OC)CC(=O)N(CCCN(C)C1CCc3c(ccc(OC)c3OC)C1)CC2.Cl. The predicted octanol–water partition coefficient (Wildman–Crippen LogP) is 3.95. The Kier molecular flexibility index (Phi) is 9.74. The van der Waals surface area contributed by atoms with E-state index in [1.165, 1.54) is 16.7 Å². The van der Waals surface area contributed by atoms with Gasteiger partial charge in [0, 0.05) is 24.7 Å². The van der Waals surface area contributed by atoms with Crippen molar-refractivity contribution < 1.29 is 23.7 Å². The van der Waals surface area contributed by atoms with Gasteiger partial charge in [-0.2, -0.15) is 0 Å². The van der Waals surface area contributed by atoms with Crippen molar-refractivity contribution in [3.8, 4) is 23.0 Å². The summed E-state index contributed by atoms with van der Waals surface area (Å²) in [7, 11) is 8.88. The van der Waals surface area contributed by atoms with Gasteiger partial charge < -0.3 is 28.7 Å². The minimum absolute atomic E-state index is 0. The van der Waals surface area contributed by atoms with Crippen LogP contribution >= 0.6 is 12.4 Å². The summed E-state index contributed by atoms with van der Waals surface area (Å²) in [5.74, 6) is 3.27. The lowest BCUT2D eigenvalue weighted by Crippen LogP contribution is -2.39. The lowest BCUT2D eigenvalue weighted by atomic mass is 9.86. The fourth-order valence-electron chi connectivity index (χ4n) is 5.49. The topological polar surface area (TPSA) is 60.5 Å². The predicted molar refractivity (Wildman–Crippen MR) is 143 cm³/mol. The lowest BCUT2D eigenvalue weighted by Gasteiger charge is -2.34. The molecule has 0 radical (unpaired) electrons. The van der Waals surface area contributed by atoms with Gasteiger partial charge in [-0.05, 0) is 80.6 Å². The van der Waals surface area contributed by atoms with Gasteiger partial charge in [-0.15, -0.1) is 12.4 Å². The van der Waals surface area contributed by atoms with Gasteiger partial charge in [-0.3, -0.25) is 4.79 Å². The molecule has 1 amide bonds. The quantitative estimate of drug-likeness (QED) is 0.501. The van der Waals surface area contributed by atoms with E-state index >= 15 is 0 Å². The lowest BCUT2D eigenvalue weighted by molar-refractivity contribution is -0.130. The van der Waals surface area contributed by atoms with Crippen LogP contribution in [0.1, 0.15) is 35.1 Å². The molecule has 1 aliphatic carbocycles. The van der Waals surface area contributed by atoms with Gasteiger partial charge >= 0.3 is 0 Å². The Morgan fingerprint density at radius 3 is 2.28 bits per heavy atom. The number of likely N-dealkylation sites (N-methyl/N-ethyl adjacent to an activating group) is 1. The zero-order valence-electron chi connectivity index (χ0n) is 22.1. The highest BCUT2D eigenvalue weighted by molar-refractivity contribution is 5.85. The Hall–Kier alpha value is -2.64. The molecule has 8 heteroatoms. The molecule has 0 saturated carbocycles. The number of halogens is 1. The Balaban J connectivity index is 0.00000361. The molecule has 2 aliphatic rings. The molecule has 4 rings (SSSR count). The first-order valence-electron chi connectivity index (χ1n) is 12.4. The van der Waals surface area contributed by atoms with Crippen LogP contribution in [0.2, 0.25) is 0 Å². The van der Waals surface area contributed by atoms with Crippen LogP contribution in [0, 0.1) is 0 Å². The number of ether oxygens (including phenoxy) is 4. The van der Waals surface area contributed by atoms with Gasteiger partial charge in [0.1, 0.15) is 0 Å². The summed E-state index contributed by atoms with van der Waals surface area (Å²) in [5, 5.41) is 0. The largest absolute Gasteiger partial charge is 0.493 e. The Morgan fingerprint density at radius 1 is 0.917 bits per heavy atom. The second-order valence-electron chi connectivity index (χ2n) is 9.45. The van der Waals surface area contributed by atoms with Crippen LogP contribution in [0.25, 0.3) is 0 Å². The molecule has 1 atom stereocenters. The third-order valence-corrected chi connectivity index (χ3v) is 7.54. The van der Waals surface area contributed by atoms with E-state index in [-0.39, 0.29) is 18.3 Å². The normalized spacial score (nSPS) is 17.0. The van der Waals surface area contributed by atoms with Crippen molar-refractivity contribution in [2.75, 3.05) is 55.1 Å². The Morgan fingerprint density at radius 2 is 1.61 bits per heavy atom. The molecular weight excluding hydrogens is 480 g/mol. The van der Waals surface area contributed by atoms with Gasteiger partial charge in [-0.25, -0.2) is 0 Å². The van der Waals surface area contributed by atoms with Gasteiger partial charge in [-0.1, -0.05) is 6.07 Å². The van der Waals surface area contributed by atoms with Crippen LogP contribution in [0.5, 0.6) is 23.0 Å². The maximum atomic E-state index is 13.0. The minimum Gasteiger partial charge on any atom is -0.493 e. The number of hydrogen-bond donors (Lipinski definition) is 0. The zero-order chi connectivity index (χ0) is 24.9. The first-order chi connectivity index (χ1) is 17.0. The highest BCUT2D eigenvalue weighted by Gasteiger charge is 2.27. The van der Waals surface area contributed by atoms with E-state index in [0.717, 1.165) is 74.6 Å². The molecule has 0 bridgehead atoms. The van der Waals surface area contributed by atoms with Gasteiger partial charge in [0.2, 0.25) is 5.91 Å². The molecule has 0 aromatic heterocycles. The fraction of sp³-hybridized carbons (Fsp3) is 0.536. The highest BCUT2D eigenvalue weighted by Crippen LogP contribution is 2.38. The molecule has 7 nitrogen and oxygen atoms in total. The molecular formula is C28H39ClN2O5. The van der Waals surface area contributed by atoms with Crippen LogP contribution < -0.4 is 18.9 Å². The standard InChI is InChI=1S/C28H38N2O5.ClH/c1-29(22-8-9-23-20(15-22)7-10-24(32-2)28(23)35-5)12-6-13-30-14-11-19-16-25(33-3)26(34-4)17-21(19)18-27(30)31;/h7,10,16-17,22H,6,8-9,11-15,18H2,1-5H3;1H. The number of benzene rings is 2. The molecule has 0 spiro atoms. The number of hydrogen-bond acceptors (Lipinski definition) is 6. The van der Waals surface area contributed by atoms with Crippen LogP contribution in [0.3, 0.4) is 0 Å². The highest BCUT2D eigenvalue weighted by atomic mass is 35.5. The summed E-state index contributed by atoms with van der Waals surface area (Å²) in [4.78, 5) is 17.4. The van der Waals surface area contributed by atoms with Crippen molar-refractivity contribution >= 4 is 18.3 Å². The second kappa shape index (κ2) is 12.5. The fourth-order valence-corrected chi connectivity index (χ4v) is 5.49. The number of methoxy groups -OCH3 is 4. The monoisotopic (exact) mass is 518 g/mol. The van der Waals surface area contributed by atoms with Crippen molar-refractivity contribution in [2.24, 2.45) is 0 Å². The molecule has 0 fully saturated rings. The smallest absolute Gasteiger partial charge is 0.227 e. The van der Waals surface area contributed by atoms with E-state index in [2.05, 4.69) is 18.0 Å². The molecule has 2 aromatic carbocycles. The van der Waals surface area contributed by atoms with Crippen LogP contribution in [0.4, 0.5) is 0 Å². The van der Waals surface area contributed by atoms with Gasteiger partial charge in [0.05, 0.1) is 34.9 Å². The average molecular weight is 519 g/mol. The Bertz CT molecular complexity index is 1060. The average Bonchev–Trinajstić information content (AvgIpc) is 3.04. The van der Waals surface area contributed by atoms with Crippen molar-refractivity contribution in [1.82, 2.24) is 9.80 Å². The number of rotatable bonds is 9. The number of carbonyl (C=O) groups is 1. The molecule has 1 unspecified atom stereocenters. The van der Waals surface area contributed by atoms with Gasteiger partial charge in [0.25, 0.3) is 0 Å². The number of amides is 1. The number of fused-ring (bicyclic) bond motifs is 2. The van der Waals surface area contributed by atoms with Crippen molar-refractivity contribution in [1.29, 1.82) is 0 Å². The summed E-state index contributed by atoms with van der Waals surface area (Å²) < 4.78 is 22.0. The summed E-state index contributed by atoms with van der Waals surface area (Å²) in [6, 6.07) is 8.64. The first-order valence-corrected chi connectivity index (χ1v) is 12.4. The molecule has 198 valence electrons. The van der Waals surface area contributed by atoms with E-state index in [1.54, 1.807) is 28.4 Å². The molecule has 2 aromatic rings. The molecule has 0 saturated heterocycles. The molecule has 1 aliphatic heterocycles. The third-order valence-electron chi connectivity index (χ3n) is 7.54. The van der Waals surface area contributed by atoms with Crippen LogP contribution in [-0.2, 0) is 30.5 Å². The maximum absolute atomic E-state index is 13.0. The summed E-state index contributed by atoms with van der Waals surface area (Å²) in [5.41, 5.74) is 4.83. The van der Waals surface area contributed by atoms with Crippen LogP contribution in [-0.4, -0.2) is 76.9 Å². The molecule has 1 heterocycles. The molecule has 0 N–H and O–H groups in total. The molecule has 36 heavy (non-hydrogen) atoms. The first kappa shape index (κ1) is 27.9. The minimum atomic E-state index is 0. The Labute approximate surface area is 221 Å². The van der Waals surface area contributed by atoms with Gasteiger partial charge in [0.15, 0.2) is 23.0 Å². The van der Waals surface area contributed by atoms with E-state index < -0.39 is 0 Å². The number of nitrogens with zero attached hydrogens (tertiary/aromatic N) is 2. The summed E-state index contributed by atoms with van der Waals surface area (Å²) in [6.07, 6.45) is 5.29. The van der Waals surface area contributed by atoms with Crippen molar-refractivity contribution in [3.05, 3.63) is 46.5 Å². The maximum Gasteiger partial charge on any atom is 0.227 e. The van der Waals surface area contributed by atoms with E-state index in [4.69, 9.17) is 18.9 Å². The second-order valence-corrected chi connectivity index (χ2v) is 9.45. The van der Waals surface area contributed by atoms with Crippen molar-refractivity contribution in [2.45, 2.75) is 44.6 Å². The van der Waals surface area contributed by atoms with Crippen molar-refractivity contribution in [3.63, 3.8) is 0 Å². The van der Waals surface area contributed by atoms with E-state index in [1.807, 2.05) is 23.1 Å². The number of carbonyl (C=O) groups excluding carboxylic acids is 1. The van der Waals surface area contributed by atoms with Crippen LogP contribution in [0.15, 0.2) is 24.3 Å². The zero-order valence-corrected chi connectivity index (χ0v) is 22.9. The summed E-state index contributed by atoms with van der Waals surface area (Å²) in [6.45, 7) is 2.48. The van der Waals surface area contributed by atoms with E-state index in [0.29, 0.717) is 18.2 Å². The third kappa shape index (κ3) is 5.84. The summed E-state index contributed by atoms with van der Waals surface area (Å²) >= 11 is 0.